The van der Waals surface area contributed by atoms with Crippen molar-refractivity contribution in [3.8, 4) is 11.5 Å². The number of hydrogen-bond acceptors (Lipinski definition) is 5. The molecule has 8 heteroatoms. The minimum absolute atomic E-state index is 0.0229. The minimum Gasteiger partial charge on any atom is -0.491 e. The lowest BCUT2D eigenvalue weighted by atomic mass is 10.1. The number of anilines is 1. The molecule has 2 aromatic carbocycles. The normalized spacial score (nSPS) is 15.4. The molecule has 0 unspecified atom stereocenters. The Bertz CT molecular complexity index is 943. The standard InChI is InChI=1S/C20H19N3O5/c24-18-12-28-17-4-2-1-3-15(17)23(18)9-7-21-19(25)13-5-6-16-14(11-13)20(26)22-8-10-27-16/h1-6,11H,7-10,12H2,(H,21,25)(H,22,26). The summed E-state index contributed by atoms with van der Waals surface area (Å²) in [6.07, 6.45) is 0. The molecule has 0 bridgehead atoms. The maximum atomic E-state index is 12.5. The molecule has 3 amide bonds. The van der Waals surface area contributed by atoms with Gasteiger partial charge in [-0.1, -0.05) is 12.1 Å². The molecule has 4 rings (SSSR count). The number of nitrogens with one attached hydrogen (secondary N) is 2. The van der Waals surface area contributed by atoms with E-state index in [1.54, 1.807) is 29.2 Å². The van der Waals surface area contributed by atoms with Gasteiger partial charge in [0.05, 0.1) is 17.8 Å². The number of nitrogens with zero attached hydrogens (tertiary/aromatic N) is 1. The van der Waals surface area contributed by atoms with Crippen molar-refractivity contribution in [1.29, 1.82) is 0 Å². The van der Waals surface area contributed by atoms with Crippen molar-refractivity contribution in [3.05, 3.63) is 53.6 Å². The van der Waals surface area contributed by atoms with Crippen LogP contribution in [0.15, 0.2) is 42.5 Å². The lowest BCUT2D eigenvalue weighted by Gasteiger charge is -2.29. The Labute approximate surface area is 161 Å². The molecule has 0 saturated carbocycles. The van der Waals surface area contributed by atoms with Gasteiger partial charge in [-0.25, -0.2) is 0 Å². The Morgan fingerprint density at radius 3 is 2.86 bits per heavy atom. The molecule has 0 spiro atoms. The lowest BCUT2D eigenvalue weighted by molar-refractivity contribution is -0.121. The van der Waals surface area contributed by atoms with Gasteiger partial charge in [-0.15, -0.1) is 0 Å². The van der Waals surface area contributed by atoms with E-state index >= 15 is 0 Å². The van der Waals surface area contributed by atoms with Crippen LogP contribution in [0.4, 0.5) is 5.69 Å². The zero-order valence-corrected chi connectivity index (χ0v) is 15.1. The number of fused-ring (bicyclic) bond motifs is 2. The van der Waals surface area contributed by atoms with Crippen LogP contribution < -0.4 is 25.0 Å². The molecule has 0 aliphatic carbocycles. The van der Waals surface area contributed by atoms with Crippen LogP contribution in [0.5, 0.6) is 11.5 Å². The third-order valence-electron chi connectivity index (χ3n) is 4.56. The molecule has 2 heterocycles. The van der Waals surface area contributed by atoms with Crippen LogP contribution in [0.1, 0.15) is 20.7 Å². The highest BCUT2D eigenvalue weighted by Crippen LogP contribution is 2.31. The first kappa shape index (κ1) is 17.8. The molecular formula is C20H19N3O5. The quantitative estimate of drug-likeness (QED) is 0.823. The van der Waals surface area contributed by atoms with E-state index in [2.05, 4.69) is 10.6 Å². The molecular weight excluding hydrogens is 362 g/mol. The Morgan fingerprint density at radius 2 is 1.96 bits per heavy atom. The van der Waals surface area contributed by atoms with Gasteiger partial charge in [0, 0.05) is 18.7 Å². The van der Waals surface area contributed by atoms with E-state index in [4.69, 9.17) is 9.47 Å². The van der Waals surface area contributed by atoms with Gasteiger partial charge in [0.1, 0.15) is 18.1 Å². The maximum absolute atomic E-state index is 12.5. The highest BCUT2D eigenvalue weighted by Gasteiger charge is 2.25. The summed E-state index contributed by atoms with van der Waals surface area (Å²) >= 11 is 0. The number of carbonyl (C=O) groups excluding carboxylic acids is 3. The topological polar surface area (TPSA) is 97.0 Å². The predicted molar refractivity (Wildman–Crippen MR) is 101 cm³/mol. The van der Waals surface area contributed by atoms with Crippen molar-refractivity contribution in [2.75, 3.05) is 37.7 Å². The summed E-state index contributed by atoms with van der Waals surface area (Å²) in [6.45, 7) is 1.37. The highest BCUT2D eigenvalue weighted by molar-refractivity contribution is 6.02. The molecule has 144 valence electrons. The Hall–Kier alpha value is -3.55. The highest BCUT2D eigenvalue weighted by atomic mass is 16.5. The molecule has 2 aliphatic rings. The fourth-order valence-electron chi connectivity index (χ4n) is 3.18. The van der Waals surface area contributed by atoms with E-state index in [0.29, 0.717) is 48.0 Å². The van der Waals surface area contributed by atoms with Gasteiger partial charge < -0.3 is 25.0 Å². The van der Waals surface area contributed by atoms with Crippen molar-refractivity contribution >= 4 is 23.4 Å². The molecule has 2 aromatic rings. The maximum Gasteiger partial charge on any atom is 0.265 e. The van der Waals surface area contributed by atoms with Crippen molar-refractivity contribution in [2.24, 2.45) is 0 Å². The monoisotopic (exact) mass is 381 g/mol. The van der Waals surface area contributed by atoms with Gasteiger partial charge in [0.15, 0.2) is 6.61 Å². The number of ether oxygens (including phenoxy) is 2. The van der Waals surface area contributed by atoms with E-state index in [0.717, 1.165) is 0 Å². The lowest BCUT2D eigenvalue weighted by Crippen LogP contribution is -2.43. The van der Waals surface area contributed by atoms with Crippen LogP contribution in [0.25, 0.3) is 0 Å². The molecule has 0 aromatic heterocycles. The molecule has 0 atom stereocenters. The van der Waals surface area contributed by atoms with E-state index < -0.39 is 0 Å². The minimum atomic E-state index is -0.325. The van der Waals surface area contributed by atoms with E-state index in [9.17, 15) is 14.4 Å². The summed E-state index contributed by atoms with van der Waals surface area (Å²) in [6, 6.07) is 12.0. The van der Waals surface area contributed by atoms with Crippen molar-refractivity contribution < 1.29 is 23.9 Å². The van der Waals surface area contributed by atoms with Gasteiger partial charge in [0.25, 0.3) is 17.7 Å². The number of carbonyl (C=O) groups is 3. The van der Waals surface area contributed by atoms with Crippen molar-refractivity contribution in [1.82, 2.24) is 10.6 Å². The van der Waals surface area contributed by atoms with Crippen LogP contribution >= 0.6 is 0 Å². The van der Waals surface area contributed by atoms with E-state index in [1.165, 1.54) is 6.07 Å². The van der Waals surface area contributed by atoms with Gasteiger partial charge in [-0.2, -0.15) is 0 Å². The largest absolute Gasteiger partial charge is 0.491 e. The Balaban J connectivity index is 1.42. The summed E-state index contributed by atoms with van der Waals surface area (Å²) < 4.78 is 10.9. The van der Waals surface area contributed by atoms with Gasteiger partial charge >= 0.3 is 0 Å². The fourth-order valence-corrected chi connectivity index (χ4v) is 3.18. The molecule has 2 N–H and O–H groups in total. The second-order valence-electron chi connectivity index (χ2n) is 6.37. The van der Waals surface area contributed by atoms with Crippen molar-refractivity contribution in [3.63, 3.8) is 0 Å². The van der Waals surface area contributed by atoms with Crippen LogP contribution in [-0.2, 0) is 4.79 Å². The number of rotatable bonds is 4. The summed E-state index contributed by atoms with van der Waals surface area (Å²) in [4.78, 5) is 38.3. The summed E-state index contributed by atoms with van der Waals surface area (Å²) in [5, 5.41) is 5.50. The third-order valence-corrected chi connectivity index (χ3v) is 4.56. The predicted octanol–water partition coefficient (Wildman–Crippen LogP) is 0.964. The first-order valence-corrected chi connectivity index (χ1v) is 8.99. The summed E-state index contributed by atoms with van der Waals surface area (Å²) in [5.41, 5.74) is 1.38. The molecule has 0 fully saturated rings. The number of benzene rings is 2. The van der Waals surface area contributed by atoms with Crippen LogP contribution in [-0.4, -0.2) is 50.6 Å². The second-order valence-corrected chi connectivity index (χ2v) is 6.37. The SMILES string of the molecule is O=C(NCCN1C(=O)COc2ccccc21)c1ccc2c(c1)C(=O)NCCO2. The second kappa shape index (κ2) is 7.59. The fraction of sp³-hybridized carbons (Fsp3) is 0.250. The van der Waals surface area contributed by atoms with Crippen LogP contribution in [0.2, 0.25) is 0 Å². The van der Waals surface area contributed by atoms with Crippen molar-refractivity contribution in [2.45, 2.75) is 0 Å². The smallest absolute Gasteiger partial charge is 0.265 e. The Kier molecular flexibility index (Phi) is 4.84. The average Bonchev–Trinajstić information content (AvgIpc) is 2.90. The van der Waals surface area contributed by atoms with Gasteiger partial charge in [0.2, 0.25) is 0 Å². The van der Waals surface area contributed by atoms with Gasteiger partial charge in [-0.05, 0) is 30.3 Å². The number of amides is 3. The van der Waals surface area contributed by atoms with Gasteiger partial charge in [-0.3, -0.25) is 14.4 Å². The zero-order chi connectivity index (χ0) is 19.5. The average molecular weight is 381 g/mol. The van der Waals surface area contributed by atoms with E-state index in [-0.39, 0.29) is 30.9 Å². The molecule has 2 aliphatic heterocycles. The summed E-state index contributed by atoms with van der Waals surface area (Å²) in [7, 11) is 0. The zero-order valence-electron chi connectivity index (χ0n) is 15.1. The number of hydrogen-bond donors (Lipinski definition) is 2. The van der Waals surface area contributed by atoms with Crippen LogP contribution in [0, 0.1) is 0 Å². The van der Waals surface area contributed by atoms with E-state index in [1.807, 2.05) is 12.1 Å². The number of para-hydroxylation sites is 2. The summed E-state index contributed by atoms with van der Waals surface area (Å²) in [5.74, 6) is 0.352. The molecule has 0 saturated heterocycles. The first-order chi connectivity index (χ1) is 13.6. The molecule has 28 heavy (non-hydrogen) atoms. The first-order valence-electron chi connectivity index (χ1n) is 8.99. The van der Waals surface area contributed by atoms with Crippen LogP contribution in [0.3, 0.4) is 0 Å². The Morgan fingerprint density at radius 1 is 1.11 bits per heavy atom. The molecule has 0 radical (unpaired) electrons. The molecule has 8 nitrogen and oxygen atoms in total. The third kappa shape index (κ3) is 3.48.